The molecule has 0 aromatic rings. The van der Waals surface area contributed by atoms with E-state index in [2.05, 4.69) is 5.32 Å². The molecule has 0 spiro atoms. The topological polar surface area (TPSA) is 85.5 Å². The molecule has 1 aliphatic heterocycles. The quantitative estimate of drug-likeness (QED) is 0.437. The van der Waals surface area contributed by atoms with Crippen LogP contribution in [0.1, 0.15) is 0 Å². The standard InChI is InChI=1S/C4H3NO2.C2H3O2.3Y/c6-3-1-2-4(7)5-3;3-1-2-4;;;/h1-2H,(H,5,6,7);3H,1H2;;;/q;-1;;;/p-1. The molecule has 1 N–H and O–H groups in total. The third-order valence-corrected chi connectivity index (χ3v) is 0.653. The largest absolute Gasteiger partial charge is 0.589 e. The summed E-state index contributed by atoms with van der Waals surface area (Å²) in [7, 11) is 0. The molecule has 1 rings (SSSR count). The van der Waals surface area contributed by atoms with Gasteiger partial charge in [0, 0.05) is 98.1 Å². The van der Waals surface area contributed by atoms with Gasteiger partial charge in [-0.2, -0.15) is 0 Å². The van der Waals surface area contributed by atoms with Crippen molar-refractivity contribution in [3.05, 3.63) is 17.5 Å². The monoisotopic (exact) mass is 422 g/mol. The Balaban J connectivity index is -0.0000000650. The van der Waals surface area contributed by atoms with E-state index in [1.807, 2.05) is 0 Å². The fourth-order valence-electron chi connectivity index (χ4n) is 0.326. The molecule has 1 heterocycles. The molecule has 0 saturated heterocycles. The summed E-state index contributed by atoms with van der Waals surface area (Å²) in [5, 5.41) is 10.5. The van der Waals surface area contributed by atoms with E-state index in [4.69, 9.17) is 9.90 Å². The van der Waals surface area contributed by atoms with Crippen molar-refractivity contribution in [1.82, 2.24) is 0 Å². The number of aliphatic hydroxyl groups is 1. The number of hydrogen-bond acceptors (Lipinski definition) is 4. The zero-order valence-corrected chi connectivity index (χ0v) is 15.7. The van der Waals surface area contributed by atoms with Gasteiger partial charge in [0.2, 0.25) is 0 Å². The minimum absolute atomic E-state index is 0. The molecule has 14 heavy (non-hydrogen) atoms. The van der Waals surface area contributed by atoms with Crippen LogP contribution in [0.5, 0.6) is 0 Å². The van der Waals surface area contributed by atoms with Crippen LogP contribution < -0.4 is 0 Å². The van der Waals surface area contributed by atoms with Crippen molar-refractivity contribution < 1.29 is 118 Å². The van der Waals surface area contributed by atoms with Gasteiger partial charge < -0.3 is 24.8 Å². The number of amides is 2. The van der Waals surface area contributed by atoms with Crippen molar-refractivity contribution in [2.75, 3.05) is 6.61 Å². The smallest absolute Gasteiger partial charge is 0.0803 e. The van der Waals surface area contributed by atoms with Crippen molar-refractivity contribution in [3.63, 3.8) is 0 Å². The van der Waals surface area contributed by atoms with E-state index in [1.54, 1.807) is 0 Å². The zero-order valence-electron chi connectivity index (χ0n) is 7.21. The fourth-order valence-corrected chi connectivity index (χ4v) is 0.326. The van der Waals surface area contributed by atoms with Gasteiger partial charge in [-0.15, -0.1) is 0 Å². The first-order valence-corrected chi connectivity index (χ1v) is 2.64. The third-order valence-electron chi connectivity index (χ3n) is 0.653. The first-order chi connectivity index (χ1) is 5.20. The Morgan fingerprint density at radius 3 is 1.50 bits per heavy atom. The van der Waals surface area contributed by atoms with Crippen LogP contribution in [0.2, 0.25) is 0 Å². The van der Waals surface area contributed by atoms with Crippen molar-refractivity contribution in [3.8, 4) is 0 Å². The molecule has 0 aliphatic carbocycles. The fraction of sp³-hybridized carbons (Fsp3) is 0.167. The maximum atomic E-state index is 9.98. The summed E-state index contributed by atoms with van der Waals surface area (Å²) in [6.45, 7) is -0.486. The molecule has 0 atom stereocenters. The molecule has 69 valence electrons. The van der Waals surface area contributed by atoms with Crippen LogP contribution in [-0.4, -0.2) is 29.8 Å². The van der Waals surface area contributed by atoms with Gasteiger partial charge >= 0.3 is 0 Å². The van der Waals surface area contributed by atoms with Crippen molar-refractivity contribution in [2.24, 2.45) is 0 Å². The van der Waals surface area contributed by atoms with Crippen LogP contribution in [0.4, 0.5) is 0 Å². The minimum atomic E-state index is -0.486. The molecule has 2 amide bonds. The van der Waals surface area contributed by atoms with Crippen LogP contribution in [0.15, 0.2) is 12.2 Å². The van der Waals surface area contributed by atoms with Gasteiger partial charge in [0.05, 0.1) is 11.8 Å². The molecule has 0 aromatic heterocycles. The van der Waals surface area contributed by atoms with Crippen LogP contribution >= 0.6 is 0 Å². The Kier molecular flexibility index (Phi) is 30.6. The predicted molar refractivity (Wildman–Crippen MR) is 35.3 cm³/mol. The summed E-state index contributed by atoms with van der Waals surface area (Å²) < 4.78 is 0. The van der Waals surface area contributed by atoms with Gasteiger partial charge in [-0.3, -0.25) is 0 Å². The third kappa shape index (κ3) is 16.3. The predicted octanol–water partition coefficient (Wildman–Crippen LogP) is -0.936. The molecule has 0 bridgehead atoms. The van der Waals surface area contributed by atoms with E-state index < -0.39 is 18.4 Å². The summed E-state index contributed by atoms with van der Waals surface area (Å²) in [4.78, 5) is 28.8. The SMILES string of the molecule is O=C1C=CC(=O)[N-]1.O=[C-]CO.[Y].[Y].[Y]. The molecular formula is C6H5NO4Y3-2. The number of rotatable bonds is 1. The molecule has 1 aliphatic rings. The van der Waals surface area contributed by atoms with E-state index in [0.29, 0.717) is 0 Å². The van der Waals surface area contributed by atoms with E-state index in [1.165, 1.54) is 6.29 Å². The molecule has 5 nitrogen and oxygen atoms in total. The van der Waals surface area contributed by atoms with Crippen molar-refractivity contribution in [2.45, 2.75) is 0 Å². The van der Waals surface area contributed by atoms with Gasteiger partial charge in [0.15, 0.2) is 0 Å². The van der Waals surface area contributed by atoms with E-state index in [-0.39, 0.29) is 98.1 Å². The number of aliphatic hydroxyl groups excluding tert-OH is 1. The van der Waals surface area contributed by atoms with Crippen LogP contribution in [-0.2, 0) is 113 Å². The first kappa shape index (κ1) is 24.9. The summed E-state index contributed by atoms with van der Waals surface area (Å²) in [5.41, 5.74) is 0. The average Bonchev–Trinajstić information content (AvgIpc) is 2.35. The van der Waals surface area contributed by atoms with Gasteiger partial charge in [0.1, 0.15) is 0 Å². The van der Waals surface area contributed by atoms with Crippen LogP contribution in [0.25, 0.3) is 5.32 Å². The van der Waals surface area contributed by atoms with E-state index in [9.17, 15) is 9.59 Å². The normalized spacial score (nSPS) is 10.6. The number of nitrogens with zero attached hydrogens (tertiary/aromatic N) is 1. The van der Waals surface area contributed by atoms with Gasteiger partial charge in [-0.25, -0.2) is 6.29 Å². The maximum absolute atomic E-state index is 9.98. The number of hydrogen-bond donors (Lipinski definition) is 1. The van der Waals surface area contributed by atoms with Gasteiger partial charge in [-0.05, 0) is 12.2 Å². The maximum Gasteiger partial charge on any atom is 0.0803 e. The Labute approximate surface area is 157 Å². The van der Waals surface area contributed by atoms with E-state index >= 15 is 0 Å². The first-order valence-electron chi connectivity index (χ1n) is 2.64. The molecule has 3 radical (unpaired) electrons. The van der Waals surface area contributed by atoms with Crippen molar-refractivity contribution in [1.29, 1.82) is 0 Å². The molecule has 0 unspecified atom stereocenters. The molecule has 0 aromatic carbocycles. The molecule has 8 heteroatoms. The van der Waals surface area contributed by atoms with Crippen LogP contribution in [0.3, 0.4) is 0 Å². The molecule has 0 fully saturated rings. The summed E-state index contributed by atoms with van der Waals surface area (Å²) >= 11 is 0. The second-order valence-corrected chi connectivity index (χ2v) is 1.42. The Morgan fingerprint density at radius 1 is 1.14 bits per heavy atom. The zero-order chi connectivity index (χ0) is 8.69. The van der Waals surface area contributed by atoms with E-state index in [0.717, 1.165) is 12.2 Å². The van der Waals surface area contributed by atoms with Crippen molar-refractivity contribution >= 4 is 18.1 Å². The number of imide groups is 1. The average molecular weight is 422 g/mol. The van der Waals surface area contributed by atoms with Crippen LogP contribution in [0, 0.1) is 0 Å². The second-order valence-electron chi connectivity index (χ2n) is 1.42. The summed E-state index contributed by atoms with van der Waals surface area (Å²) in [6, 6.07) is 0. The summed E-state index contributed by atoms with van der Waals surface area (Å²) in [6.07, 6.45) is 3.52. The summed E-state index contributed by atoms with van der Waals surface area (Å²) in [5.74, 6) is -0.907. The molecular weight excluding hydrogens is 417 g/mol. The Bertz CT molecular complexity index is 191. The Morgan fingerprint density at radius 2 is 1.43 bits per heavy atom. The van der Waals surface area contributed by atoms with Gasteiger partial charge in [0.25, 0.3) is 0 Å². The second kappa shape index (κ2) is 17.2. The van der Waals surface area contributed by atoms with Gasteiger partial charge in [-0.1, -0.05) is 6.61 Å². The Hall–Kier alpha value is 1.82. The molecule has 0 saturated carbocycles. The minimum Gasteiger partial charge on any atom is -0.589 e. The number of carbonyl (C=O) groups excluding carboxylic acids is 3. The number of carbonyl (C=O) groups is 2.